The molecule has 0 unspecified atom stereocenters. The van der Waals surface area contributed by atoms with E-state index in [2.05, 4.69) is 4.98 Å². The van der Waals surface area contributed by atoms with E-state index in [4.69, 9.17) is 5.11 Å². The molecular weight excluding hydrogens is 240 g/mol. The molecule has 0 saturated carbocycles. The van der Waals surface area contributed by atoms with Gasteiger partial charge in [0, 0.05) is 19.3 Å². The van der Waals surface area contributed by atoms with Gasteiger partial charge in [-0.15, -0.1) is 0 Å². The average Bonchev–Trinajstić information content (AvgIpc) is 2.48. The predicted molar refractivity (Wildman–Crippen MR) is 74.7 cm³/mol. The van der Waals surface area contributed by atoms with Gasteiger partial charge in [-0.1, -0.05) is 30.3 Å². The van der Waals surface area contributed by atoms with Crippen molar-refractivity contribution < 1.29 is 10.2 Å². The molecule has 1 aromatic carbocycles. The van der Waals surface area contributed by atoms with Gasteiger partial charge in [-0.25, -0.2) is 4.98 Å². The second-order valence-corrected chi connectivity index (χ2v) is 4.31. The minimum Gasteiger partial charge on any atom is -0.395 e. The fourth-order valence-corrected chi connectivity index (χ4v) is 1.93. The van der Waals surface area contributed by atoms with E-state index in [0.29, 0.717) is 13.1 Å². The van der Waals surface area contributed by atoms with Crippen LogP contribution >= 0.6 is 0 Å². The Kier molecular flexibility index (Phi) is 4.89. The van der Waals surface area contributed by atoms with E-state index >= 15 is 0 Å². The first-order valence-corrected chi connectivity index (χ1v) is 6.29. The van der Waals surface area contributed by atoms with Gasteiger partial charge in [0.2, 0.25) is 0 Å². The van der Waals surface area contributed by atoms with Gasteiger partial charge >= 0.3 is 0 Å². The second kappa shape index (κ2) is 6.87. The summed E-state index contributed by atoms with van der Waals surface area (Å²) in [5.41, 5.74) is 1.98. The zero-order valence-electron chi connectivity index (χ0n) is 10.7. The second-order valence-electron chi connectivity index (χ2n) is 4.31. The molecule has 2 N–H and O–H groups in total. The van der Waals surface area contributed by atoms with Crippen LogP contribution in [-0.2, 0) is 13.2 Å². The van der Waals surface area contributed by atoms with Gasteiger partial charge < -0.3 is 15.1 Å². The largest absolute Gasteiger partial charge is 0.395 e. The van der Waals surface area contributed by atoms with Gasteiger partial charge in [0.05, 0.1) is 13.2 Å². The Labute approximate surface area is 113 Å². The number of benzene rings is 1. The number of hydrogen-bond acceptors (Lipinski definition) is 4. The van der Waals surface area contributed by atoms with E-state index < -0.39 is 0 Å². The Morgan fingerprint density at radius 2 is 1.79 bits per heavy atom. The highest BCUT2D eigenvalue weighted by molar-refractivity contribution is 5.41. The summed E-state index contributed by atoms with van der Waals surface area (Å²) in [4.78, 5) is 6.30. The van der Waals surface area contributed by atoms with Gasteiger partial charge in [0.15, 0.2) is 0 Å². The highest BCUT2D eigenvalue weighted by Gasteiger charge is 2.08. The molecule has 1 aromatic heterocycles. The Morgan fingerprint density at radius 1 is 1.00 bits per heavy atom. The summed E-state index contributed by atoms with van der Waals surface area (Å²) in [6.45, 7) is 1.26. The minimum atomic E-state index is -0.00613. The van der Waals surface area contributed by atoms with Crippen molar-refractivity contribution >= 4 is 5.82 Å². The average molecular weight is 258 g/mol. The van der Waals surface area contributed by atoms with Crippen molar-refractivity contribution in [3.8, 4) is 0 Å². The fraction of sp³-hybridized carbons (Fsp3) is 0.267. The van der Waals surface area contributed by atoms with Crippen molar-refractivity contribution in [2.45, 2.75) is 13.2 Å². The lowest BCUT2D eigenvalue weighted by Gasteiger charge is -2.23. The van der Waals surface area contributed by atoms with Crippen molar-refractivity contribution in [1.82, 2.24) is 4.98 Å². The van der Waals surface area contributed by atoms with Crippen molar-refractivity contribution in [2.75, 3.05) is 18.1 Å². The molecule has 19 heavy (non-hydrogen) atoms. The standard InChI is InChI=1S/C15H18N2O2/c18-9-8-17(11-13-4-2-1-3-5-13)15-10-14(12-19)6-7-16-15/h1-7,10,18-19H,8-9,11-12H2. The van der Waals surface area contributed by atoms with Crippen molar-refractivity contribution in [1.29, 1.82) is 0 Å². The molecule has 4 nitrogen and oxygen atoms in total. The number of hydrogen-bond donors (Lipinski definition) is 2. The van der Waals surface area contributed by atoms with E-state index in [1.807, 2.05) is 41.3 Å². The third-order valence-electron chi connectivity index (χ3n) is 2.90. The molecular formula is C15H18N2O2. The molecule has 0 atom stereocenters. The van der Waals surface area contributed by atoms with Crippen LogP contribution in [0.1, 0.15) is 11.1 Å². The van der Waals surface area contributed by atoms with Crippen molar-refractivity contribution in [3.63, 3.8) is 0 Å². The summed E-state index contributed by atoms with van der Waals surface area (Å²) in [5, 5.41) is 18.4. The number of nitrogens with zero attached hydrogens (tertiary/aromatic N) is 2. The number of rotatable bonds is 6. The zero-order chi connectivity index (χ0) is 13.5. The molecule has 100 valence electrons. The molecule has 0 bridgehead atoms. The normalized spacial score (nSPS) is 10.4. The quantitative estimate of drug-likeness (QED) is 0.826. The van der Waals surface area contributed by atoms with Gasteiger partial charge in [-0.05, 0) is 23.3 Å². The summed E-state index contributed by atoms with van der Waals surface area (Å²) < 4.78 is 0. The minimum absolute atomic E-state index is 0.00613. The summed E-state index contributed by atoms with van der Waals surface area (Å²) in [5.74, 6) is 0.768. The highest BCUT2D eigenvalue weighted by atomic mass is 16.3. The van der Waals surface area contributed by atoms with E-state index in [1.54, 1.807) is 12.3 Å². The maximum absolute atomic E-state index is 9.18. The zero-order valence-corrected chi connectivity index (χ0v) is 10.7. The topological polar surface area (TPSA) is 56.6 Å². The van der Waals surface area contributed by atoms with Crippen LogP contribution in [0.15, 0.2) is 48.7 Å². The summed E-state index contributed by atoms with van der Waals surface area (Å²) in [6.07, 6.45) is 1.68. The van der Waals surface area contributed by atoms with E-state index in [9.17, 15) is 5.11 Å². The molecule has 0 radical (unpaired) electrons. The third-order valence-corrected chi connectivity index (χ3v) is 2.90. The Morgan fingerprint density at radius 3 is 2.47 bits per heavy atom. The molecule has 0 aliphatic heterocycles. The van der Waals surface area contributed by atoms with Crippen LogP contribution in [0.3, 0.4) is 0 Å². The molecule has 2 aromatic rings. The van der Waals surface area contributed by atoms with Crippen molar-refractivity contribution in [3.05, 3.63) is 59.8 Å². The number of aliphatic hydroxyl groups is 2. The molecule has 0 fully saturated rings. The van der Waals surface area contributed by atoms with Crippen LogP contribution < -0.4 is 4.90 Å². The van der Waals surface area contributed by atoms with E-state index in [0.717, 1.165) is 16.9 Å². The van der Waals surface area contributed by atoms with E-state index in [1.165, 1.54) is 0 Å². The molecule has 4 heteroatoms. The fourth-order valence-electron chi connectivity index (χ4n) is 1.93. The number of pyridine rings is 1. The van der Waals surface area contributed by atoms with Gasteiger partial charge in [0.25, 0.3) is 0 Å². The van der Waals surface area contributed by atoms with Crippen LogP contribution in [-0.4, -0.2) is 28.3 Å². The van der Waals surface area contributed by atoms with Gasteiger partial charge in [-0.3, -0.25) is 0 Å². The first-order valence-electron chi connectivity index (χ1n) is 6.29. The maximum atomic E-state index is 9.18. The molecule has 0 saturated heterocycles. The summed E-state index contributed by atoms with van der Waals surface area (Å²) in [6, 6.07) is 13.7. The smallest absolute Gasteiger partial charge is 0.129 e. The monoisotopic (exact) mass is 258 g/mol. The van der Waals surface area contributed by atoms with Gasteiger partial charge in [-0.2, -0.15) is 0 Å². The van der Waals surface area contributed by atoms with Crippen LogP contribution in [0.4, 0.5) is 5.82 Å². The molecule has 0 amide bonds. The van der Waals surface area contributed by atoms with Crippen molar-refractivity contribution in [2.24, 2.45) is 0 Å². The van der Waals surface area contributed by atoms with Crippen LogP contribution in [0.5, 0.6) is 0 Å². The molecule has 0 spiro atoms. The molecule has 0 aliphatic rings. The number of aromatic nitrogens is 1. The van der Waals surface area contributed by atoms with Crippen LogP contribution in [0.2, 0.25) is 0 Å². The number of anilines is 1. The first kappa shape index (κ1) is 13.5. The lowest BCUT2D eigenvalue weighted by molar-refractivity contribution is 0.281. The number of aliphatic hydroxyl groups excluding tert-OH is 2. The Balaban J connectivity index is 2.19. The lowest BCUT2D eigenvalue weighted by Crippen LogP contribution is -2.27. The third kappa shape index (κ3) is 3.77. The molecule has 0 aliphatic carbocycles. The summed E-state index contributed by atoms with van der Waals surface area (Å²) >= 11 is 0. The highest BCUT2D eigenvalue weighted by Crippen LogP contribution is 2.15. The van der Waals surface area contributed by atoms with Crippen LogP contribution in [0, 0.1) is 0 Å². The summed E-state index contributed by atoms with van der Waals surface area (Å²) in [7, 11) is 0. The molecule has 2 rings (SSSR count). The lowest BCUT2D eigenvalue weighted by atomic mass is 10.2. The Hall–Kier alpha value is -1.91. The predicted octanol–water partition coefficient (Wildman–Crippen LogP) is 1.57. The van der Waals surface area contributed by atoms with E-state index in [-0.39, 0.29) is 13.2 Å². The Bertz CT molecular complexity index is 503. The SMILES string of the molecule is OCCN(Cc1ccccc1)c1cc(CO)ccn1. The molecule has 1 heterocycles. The van der Waals surface area contributed by atoms with Crippen LogP contribution in [0.25, 0.3) is 0 Å². The maximum Gasteiger partial charge on any atom is 0.129 e. The van der Waals surface area contributed by atoms with Gasteiger partial charge in [0.1, 0.15) is 5.82 Å². The first-order chi connectivity index (χ1) is 9.33.